The van der Waals surface area contributed by atoms with Crippen LogP contribution >= 0.6 is 0 Å². The average Bonchev–Trinajstić information content (AvgIpc) is 2.78. The molecule has 174 valence electrons. The molecule has 0 atom stereocenters. The lowest BCUT2D eigenvalue weighted by molar-refractivity contribution is -0.0501. The van der Waals surface area contributed by atoms with Crippen molar-refractivity contribution in [2.24, 2.45) is 0 Å². The zero-order chi connectivity index (χ0) is 24.0. The Hall–Kier alpha value is -3.95. The van der Waals surface area contributed by atoms with Gasteiger partial charge in [0.2, 0.25) is 0 Å². The van der Waals surface area contributed by atoms with Crippen molar-refractivity contribution in [3.8, 4) is 5.75 Å². The zero-order valence-electron chi connectivity index (χ0n) is 18.0. The number of benzene rings is 2. The molecule has 0 unspecified atom stereocenters. The van der Waals surface area contributed by atoms with Gasteiger partial charge >= 0.3 is 12.3 Å². The lowest BCUT2D eigenvalue weighted by atomic mass is 10.1. The molecular weight excluding hydrogens is 434 g/mol. The minimum absolute atomic E-state index is 0.0953. The number of H-pyrrole nitrogens is 1. The highest BCUT2D eigenvalue weighted by atomic mass is 19.3. The molecule has 3 aromatic rings. The number of halogens is 2. The highest BCUT2D eigenvalue weighted by molar-refractivity contribution is 6.08. The Labute approximate surface area is 188 Å². The number of anilines is 2. The third kappa shape index (κ3) is 5.46. The standard InChI is InChI=1S/C23H24F2N4O4/c1-2-3-13-28-19(26)18(20(30)27-23(28)32)29(14-15-9-5-4-6-10-15)21(31)16-11-7-8-12-17(16)33-22(24)25/h4-12,22H,2-3,13-14,26H2,1H3,(H,27,30,32). The maximum Gasteiger partial charge on any atom is 0.387 e. The Balaban J connectivity index is 2.18. The summed E-state index contributed by atoms with van der Waals surface area (Å²) >= 11 is 0. The number of rotatable bonds is 9. The molecule has 0 aliphatic heterocycles. The smallest absolute Gasteiger partial charge is 0.387 e. The summed E-state index contributed by atoms with van der Waals surface area (Å²) in [6, 6.07) is 14.2. The first-order valence-electron chi connectivity index (χ1n) is 10.4. The van der Waals surface area contributed by atoms with Crippen LogP contribution in [0.1, 0.15) is 35.7 Å². The van der Waals surface area contributed by atoms with Crippen molar-refractivity contribution in [1.29, 1.82) is 0 Å². The average molecular weight is 458 g/mol. The summed E-state index contributed by atoms with van der Waals surface area (Å²) in [4.78, 5) is 42.0. The van der Waals surface area contributed by atoms with Crippen molar-refractivity contribution < 1.29 is 18.3 Å². The topological polar surface area (TPSA) is 110 Å². The number of nitrogen functional groups attached to an aromatic ring is 1. The van der Waals surface area contributed by atoms with Crippen molar-refractivity contribution >= 4 is 17.4 Å². The van der Waals surface area contributed by atoms with Crippen LogP contribution in [0.3, 0.4) is 0 Å². The molecule has 8 nitrogen and oxygen atoms in total. The fraction of sp³-hybridized carbons (Fsp3) is 0.261. The number of ether oxygens (including phenoxy) is 1. The van der Waals surface area contributed by atoms with Gasteiger partial charge in [-0.3, -0.25) is 24.0 Å². The summed E-state index contributed by atoms with van der Waals surface area (Å²) in [6.07, 6.45) is 1.39. The highest BCUT2D eigenvalue weighted by Gasteiger charge is 2.28. The molecule has 3 N–H and O–H groups in total. The zero-order valence-corrected chi connectivity index (χ0v) is 18.0. The molecule has 0 radical (unpaired) electrons. The number of unbranched alkanes of at least 4 members (excludes halogenated alkanes) is 1. The van der Waals surface area contributed by atoms with Crippen LogP contribution in [0.5, 0.6) is 5.75 Å². The van der Waals surface area contributed by atoms with E-state index in [2.05, 4.69) is 9.72 Å². The van der Waals surface area contributed by atoms with Crippen LogP contribution in [-0.2, 0) is 13.1 Å². The van der Waals surface area contributed by atoms with Crippen LogP contribution in [0.2, 0.25) is 0 Å². The van der Waals surface area contributed by atoms with E-state index in [4.69, 9.17) is 5.73 Å². The van der Waals surface area contributed by atoms with E-state index in [1.807, 2.05) is 6.92 Å². The Bertz CT molecular complexity index is 1230. The Kier molecular flexibility index (Phi) is 7.60. The maximum atomic E-state index is 13.6. The van der Waals surface area contributed by atoms with Crippen LogP contribution < -0.4 is 26.6 Å². The number of carbonyl (C=O) groups excluding carboxylic acids is 1. The highest BCUT2D eigenvalue weighted by Crippen LogP contribution is 2.27. The molecule has 0 fully saturated rings. The van der Waals surface area contributed by atoms with E-state index in [0.29, 0.717) is 12.0 Å². The van der Waals surface area contributed by atoms with E-state index in [1.54, 1.807) is 30.3 Å². The second-order valence-corrected chi connectivity index (χ2v) is 7.25. The number of para-hydroxylation sites is 1. The lowest BCUT2D eigenvalue weighted by Crippen LogP contribution is -2.41. The summed E-state index contributed by atoms with van der Waals surface area (Å²) in [7, 11) is 0. The van der Waals surface area contributed by atoms with Gasteiger partial charge in [0.15, 0.2) is 5.69 Å². The van der Waals surface area contributed by atoms with Gasteiger partial charge in [0, 0.05) is 6.54 Å². The summed E-state index contributed by atoms with van der Waals surface area (Å²) < 4.78 is 31.5. The van der Waals surface area contributed by atoms with Gasteiger partial charge < -0.3 is 10.5 Å². The number of nitrogens with two attached hydrogens (primary N) is 1. The van der Waals surface area contributed by atoms with E-state index in [1.165, 1.54) is 28.8 Å². The van der Waals surface area contributed by atoms with Gasteiger partial charge in [-0.2, -0.15) is 8.78 Å². The fourth-order valence-electron chi connectivity index (χ4n) is 3.38. The lowest BCUT2D eigenvalue weighted by Gasteiger charge is -2.25. The summed E-state index contributed by atoms with van der Waals surface area (Å²) in [5.41, 5.74) is 4.89. The van der Waals surface area contributed by atoms with Crippen molar-refractivity contribution in [3.63, 3.8) is 0 Å². The Morgan fingerprint density at radius 2 is 1.79 bits per heavy atom. The minimum atomic E-state index is -3.15. The normalized spacial score (nSPS) is 10.9. The van der Waals surface area contributed by atoms with Crippen LogP contribution in [0.4, 0.5) is 20.3 Å². The van der Waals surface area contributed by atoms with Gasteiger partial charge in [0.05, 0.1) is 12.1 Å². The quantitative estimate of drug-likeness (QED) is 0.511. The Morgan fingerprint density at radius 1 is 1.12 bits per heavy atom. The van der Waals surface area contributed by atoms with Gasteiger partial charge in [-0.15, -0.1) is 0 Å². The van der Waals surface area contributed by atoms with Crippen molar-refractivity contribution in [2.75, 3.05) is 10.6 Å². The minimum Gasteiger partial charge on any atom is -0.434 e. The molecule has 3 rings (SSSR count). The molecule has 0 saturated heterocycles. The summed E-state index contributed by atoms with van der Waals surface area (Å²) in [5, 5.41) is 0. The molecule has 0 bridgehead atoms. The first-order chi connectivity index (χ1) is 15.8. The number of aromatic amines is 1. The van der Waals surface area contributed by atoms with Crippen LogP contribution in [0.25, 0.3) is 0 Å². The van der Waals surface area contributed by atoms with Gasteiger partial charge in [0.1, 0.15) is 11.6 Å². The molecule has 1 heterocycles. The monoisotopic (exact) mass is 458 g/mol. The number of carbonyl (C=O) groups is 1. The van der Waals surface area contributed by atoms with Crippen molar-refractivity contribution in [3.05, 3.63) is 86.6 Å². The second kappa shape index (κ2) is 10.6. The molecule has 33 heavy (non-hydrogen) atoms. The SMILES string of the molecule is CCCCn1c(N)c(N(Cc2ccccc2)C(=O)c2ccccc2OC(F)F)c(=O)[nH]c1=O. The Morgan fingerprint density at radius 3 is 2.45 bits per heavy atom. The molecule has 1 aromatic heterocycles. The number of alkyl halides is 2. The van der Waals surface area contributed by atoms with E-state index in [0.717, 1.165) is 11.3 Å². The van der Waals surface area contributed by atoms with E-state index in [-0.39, 0.29) is 35.9 Å². The van der Waals surface area contributed by atoms with Crippen molar-refractivity contribution in [1.82, 2.24) is 9.55 Å². The third-order valence-corrected chi connectivity index (χ3v) is 4.98. The predicted octanol–water partition coefficient (Wildman–Crippen LogP) is 3.37. The van der Waals surface area contributed by atoms with Gasteiger partial charge in [-0.1, -0.05) is 55.8 Å². The molecule has 0 aliphatic carbocycles. The number of hydrogen-bond donors (Lipinski definition) is 2. The molecule has 10 heteroatoms. The molecule has 0 saturated carbocycles. The van der Waals surface area contributed by atoms with Gasteiger partial charge in [-0.25, -0.2) is 4.79 Å². The number of amides is 1. The number of aromatic nitrogens is 2. The fourth-order valence-corrected chi connectivity index (χ4v) is 3.38. The molecule has 2 aromatic carbocycles. The van der Waals surface area contributed by atoms with Gasteiger partial charge in [-0.05, 0) is 24.1 Å². The first kappa shape index (κ1) is 23.7. The molecule has 0 aliphatic rings. The summed E-state index contributed by atoms with van der Waals surface area (Å²) in [6.45, 7) is -1.07. The number of hydrogen-bond acceptors (Lipinski definition) is 5. The molecule has 0 spiro atoms. The second-order valence-electron chi connectivity index (χ2n) is 7.25. The maximum absolute atomic E-state index is 13.6. The molecular formula is C23H24F2N4O4. The van der Waals surface area contributed by atoms with Crippen LogP contribution in [0, 0.1) is 0 Å². The molecule has 1 amide bonds. The van der Waals surface area contributed by atoms with E-state index < -0.39 is 23.8 Å². The van der Waals surface area contributed by atoms with Crippen LogP contribution in [-0.4, -0.2) is 22.1 Å². The number of nitrogens with zero attached hydrogens (tertiary/aromatic N) is 2. The van der Waals surface area contributed by atoms with Crippen LogP contribution in [0.15, 0.2) is 64.2 Å². The number of nitrogens with one attached hydrogen (secondary N) is 1. The van der Waals surface area contributed by atoms with Gasteiger partial charge in [0.25, 0.3) is 11.5 Å². The third-order valence-electron chi connectivity index (χ3n) is 4.98. The first-order valence-corrected chi connectivity index (χ1v) is 10.4. The van der Waals surface area contributed by atoms with Crippen molar-refractivity contribution in [2.45, 2.75) is 39.5 Å². The largest absolute Gasteiger partial charge is 0.434 e. The van der Waals surface area contributed by atoms with E-state index >= 15 is 0 Å². The summed E-state index contributed by atoms with van der Waals surface area (Å²) in [5.74, 6) is -1.31. The van der Waals surface area contributed by atoms with E-state index in [9.17, 15) is 23.2 Å². The predicted molar refractivity (Wildman–Crippen MR) is 121 cm³/mol.